The third-order valence-electron chi connectivity index (χ3n) is 5.75. The van der Waals surface area contributed by atoms with Gasteiger partial charge in [-0.2, -0.15) is 0 Å². The molecule has 1 fully saturated rings. The Morgan fingerprint density at radius 1 is 0.786 bits per heavy atom. The van der Waals surface area contributed by atoms with E-state index in [4.69, 9.17) is 9.47 Å². The first-order chi connectivity index (χ1) is 13.5. The normalized spacial score (nSPS) is 19.6. The highest BCUT2D eigenvalue weighted by Crippen LogP contribution is 2.31. The van der Waals surface area contributed by atoms with Crippen LogP contribution in [0.3, 0.4) is 0 Å². The van der Waals surface area contributed by atoms with Crippen molar-refractivity contribution in [2.45, 2.75) is 111 Å². The molecule has 0 aromatic rings. The van der Waals surface area contributed by atoms with Crippen LogP contribution in [0.2, 0.25) is 0 Å². The molecule has 0 amide bonds. The van der Waals surface area contributed by atoms with Crippen molar-refractivity contribution < 1.29 is 19.1 Å². The predicted octanol–water partition coefficient (Wildman–Crippen LogP) is 6.46. The minimum absolute atomic E-state index is 0.111. The summed E-state index contributed by atoms with van der Waals surface area (Å²) in [6.07, 6.45) is 15.1. The molecule has 4 nitrogen and oxygen atoms in total. The zero-order valence-corrected chi connectivity index (χ0v) is 18.7. The average Bonchev–Trinajstić information content (AvgIpc) is 2.69. The lowest BCUT2D eigenvalue weighted by Crippen LogP contribution is -2.30. The molecule has 0 N–H and O–H groups in total. The van der Waals surface area contributed by atoms with Crippen LogP contribution < -0.4 is 0 Å². The molecule has 2 atom stereocenters. The Balaban J connectivity index is 2.12. The Morgan fingerprint density at radius 2 is 1.29 bits per heavy atom. The van der Waals surface area contributed by atoms with E-state index in [-0.39, 0.29) is 23.8 Å². The average molecular weight is 397 g/mol. The molecule has 164 valence electrons. The van der Waals surface area contributed by atoms with E-state index in [0.29, 0.717) is 25.6 Å². The maximum Gasteiger partial charge on any atom is 0.308 e. The Kier molecular flexibility index (Phi) is 14.1. The van der Waals surface area contributed by atoms with Crippen LogP contribution in [0.25, 0.3) is 0 Å². The van der Waals surface area contributed by atoms with Gasteiger partial charge in [-0.05, 0) is 44.4 Å². The molecule has 1 saturated carbocycles. The van der Waals surface area contributed by atoms with E-state index in [0.717, 1.165) is 44.9 Å². The molecule has 1 aliphatic carbocycles. The number of carbonyl (C=O) groups excluding carboxylic acids is 2. The van der Waals surface area contributed by atoms with Gasteiger partial charge in [0.2, 0.25) is 0 Å². The van der Waals surface area contributed by atoms with Crippen LogP contribution in [0, 0.1) is 17.8 Å². The van der Waals surface area contributed by atoms with Gasteiger partial charge >= 0.3 is 11.9 Å². The number of hydrogen-bond donors (Lipinski definition) is 0. The summed E-state index contributed by atoms with van der Waals surface area (Å²) in [6, 6.07) is 0. The zero-order valence-electron chi connectivity index (χ0n) is 18.7. The van der Waals surface area contributed by atoms with Crippen LogP contribution in [-0.4, -0.2) is 25.2 Å². The van der Waals surface area contributed by atoms with Crippen molar-refractivity contribution in [3.8, 4) is 0 Å². The Morgan fingerprint density at radius 3 is 1.82 bits per heavy atom. The van der Waals surface area contributed by atoms with E-state index in [2.05, 4.69) is 20.8 Å². The first kappa shape index (κ1) is 25.0. The second-order valence-corrected chi connectivity index (χ2v) is 8.91. The largest absolute Gasteiger partial charge is 0.465 e. The van der Waals surface area contributed by atoms with Gasteiger partial charge in [0.15, 0.2) is 0 Å². The molecule has 2 unspecified atom stereocenters. The second kappa shape index (κ2) is 15.8. The van der Waals surface area contributed by atoms with Crippen LogP contribution in [0.15, 0.2) is 0 Å². The van der Waals surface area contributed by atoms with Crippen LogP contribution >= 0.6 is 0 Å². The third-order valence-corrected chi connectivity index (χ3v) is 5.75. The SMILES string of the molecule is CCCCCCCCCCOC(=O)C1CCCC(C(=O)OCCCC(C)C)C1. The van der Waals surface area contributed by atoms with Crippen molar-refractivity contribution in [2.24, 2.45) is 17.8 Å². The maximum atomic E-state index is 12.3. The van der Waals surface area contributed by atoms with Gasteiger partial charge in [0.05, 0.1) is 25.0 Å². The molecular formula is C24H44O4. The van der Waals surface area contributed by atoms with Crippen LogP contribution in [0.5, 0.6) is 0 Å². The van der Waals surface area contributed by atoms with Crippen molar-refractivity contribution in [2.75, 3.05) is 13.2 Å². The van der Waals surface area contributed by atoms with E-state index >= 15 is 0 Å². The number of hydrogen-bond acceptors (Lipinski definition) is 4. The number of esters is 2. The molecule has 0 aromatic heterocycles. The third kappa shape index (κ3) is 11.7. The molecular weight excluding hydrogens is 352 g/mol. The molecule has 0 radical (unpaired) electrons. The molecule has 0 aromatic carbocycles. The van der Waals surface area contributed by atoms with E-state index in [1.165, 1.54) is 38.5 Å². The lowest BCUT2D eigenvalue weighted by molar-refractivity contribution is -0.155. The minimum Gasteiger partial charge on any atom is -0.465 e. The van der Waals surface area contributed by atoms with Crippen molar-refractivity contribution in [3.63, 3.8) is 0 Å². The molecule has 1 aliphatic rings. The van der Waals surface area contributed by atoms with Crippen molar-refractivity contribution in [1.29, 1.82) is 0 Å². The molecule has 0 spiro atoms. The highest BCUT2D eigenvalue weighted by molar-refractivity contribution is 5.76. The van der Waals surface area contributed by atoms with Gasteiger partial charge in [0, 0.05) is 0 Å². The first-order valence-corrected chi connectivity index (χ1v) is 11.9. The molecule has 0 saturated heterocycles. The monoisotopic (exact) mass is 396 g/mol. The van der Waals surface area contributed by atoms with Gasteiger partial charge in [0.1, 0.15) is 0 Å². The molecule has 0 aliphatic heterocycles. The molecule has 28 heavy (non-hydrogen) atoms. The fraction of sp³-hybridized carbons (Fsp3) is 0.917. The summed E-state index contributed by atoms with van der Waals surface area (Å²) in [4.78, 5) is 24.6. The quantitative estimate of drug-likeness (QED) is 0.235. The van der Waals surface area contributed by atoms with E-state index in [1.54, 1.807) is 0 Å². The highest BCUT2D eigenvalue weighted by Gasteiger charge is 2.32. The number of unbranched alkanes of at least 4 members (excludes halogenated alkanes) is 7. The number of ether oxygens (including phenoxy) is 2. The van der Waals surface area contributed by atoms with E-state index < -0.39 is 0 Å². The van der Waals surface area contributed by atoms with E-state index in [1.807, 2.05) is 0 Å². The standard InChI is InChI=1S/C24H44O4/c1-4-5-6-7-8-9-10-11-17-27-23(25)21-15-12-16-22(19-21)24(26)28-18-13-14-20(2)3/h20-22H,4-19H2,1-3H3. The summed E-state index contributed by atoms with van der Waals surface area (Å²) in [6.45, 7) is 7.61. The topological polar surface area (TPSA) is 52.6 Å². The number of rotatable bonds is 15. The fourth-order valence-corrected chi connectivity index (χ4v) is 3.93. The maximum absolute atomic E-state index is 12.3. The summed E-state index contributed by atoms with van der Waals surface area (Å²) in [5, 5.41) is 0. The van der Waals surface area contributed by atoms with Gasteiger partial charge in [-0.1, -0.05) is 72.1 Å². The molecule has 4 heteroatoms. The van der Waals surface area contributed by atoms with Gasteiger partial charge in [-0.15, -0.1) is 0 Å². The van der Waals surface area contributed by atoms with Crippen LogP contribution in [0.4, 0.5) is 0 Å². The Labute approximate surface area is 173 Å². The molecule has 0 heterocycles. The summed E-state index contributed by atoms with van der Waals surface area (Å²) >= 11 is 0. The van der Waals surface area contributed by atoms with Gasteiger partial charge in [-0.25, -0.2) is 0 Å². The number of carbonyl (C=O) groups is 2. The van der Waals surface area contributed by atoms with Crippen molar-refractivity contribution in [3.05, 3.63) is 0 Å². The highest BCUT2D eigenvalue weighted by atomic mass is 16.5. The lowest BCUT2D eigenvalue weighted by Gasteiger charge is -2.26. The summed E-state index contributed by atoms with van der Waals surface area (Å²) in [5.41, 5.74) is 0. The van der Waals surface area contributed by atoms with Crippen LogP contribution in [-0.2, 0) is 19.1 Å². The first-order valence-electron chi connectivity index (χ1n) is 11.9. The van der Waals surface area contributed by atoms with Gasteiger partial charge < -0.3 is 9.47 Å². The zero-order chi connectivity index (χ0) is 20.6. The smallest absolute Gasteiger partial charge is 0.308 e. The minimum atomic E-state index is -0.131. The van der Waals surface area contributed by atoms with E-state index in [9.17, 15) is 9.59 Å². The summed E-state index contributed by atoms with van der Waals surface area (Å²) in [7, 11) is 0. The molecule has 1 rings (SSSR count). The van der Waals surface area contributed by atoms with Gasteiger partial charge in [-0.3, -0.25) is 9.59 Å². The molecule has 0 bridgehead atoms. The van der Waals surface area contributed by atoms with Gasteiger partial charge in [0.25, 0.3) is 0 Å². The van der Waals surface area contributed by atoms with Crippen molar-refractivity contribution >= 4 is 11.9 Å². The summed E-state index contributed by atoms with van der Waals surface area (Å²) in [5.74, 6) is 0.141. The van der Waals surface area contributed by atoms with Crippen molar-refractivity contribution in [1.82, 2.24) is 0 Å². The predicted molar refractivity (Wildman–Crippen MR) is 114 cm³/mol. The Bertz CT molecular complexity index is 419. The lowest BCUT2D eigenvalue weighted by atomic mass is 9.81. The Hall–Kier alpha value is -1.06. The summed E-state index contributed by atoms with van der Waals surface area (Å²) < 4.78 is 10.9. The van der Waals surface area contributed by atoms with Crippen LogP contribution in [0.1, 0.15) is 111 Å². The second-order valence-electron chi connectivity index (χ2n) is 8.91. The fourth-order valence-electron chi connectivity index (χ4n) is 3.93.